The van der Waals surface area contributed by atoms with E-state index >= 15 is 0 Å². The Morgan fingerprint density at radius 3 is 2.50 bits per heavy atom. The van der Waals surface area contributed by atoms with E-state index in [-0.39, 0.29) is 5.46 Å². The molecule has 0 aliphatic heterocycles. The molecule has 14 heavy (non-hydrogen) atoms. The van der Waals surface area contributed by atoms with Gasteiger partial charge < -0.3 is 15.8 Å². The molecule has 0 bridgehead atoms. The Morgan fingerprint density at radius 1 is 1.43 bits per heavy atom. The summed E-state index contributed by atoms with van der Waals surface area (Å²) in [7, 11) is -0.156. The number of nitrogens with zero attached hydrogens (tertiary/aromatic N) is 1. The van der Waals surface area contributed by atoms with Crippen LogP contribution < -0.4 is 16.1 Å². The number of carbonyl (C=O) groups excluding carboxylic acids is 1. The molecule has 0 aliphatic carbocycles. The van der Waals surface area contributed by atoms with E-state index in [0.717, 1.165) is 4.90 Å². The third-order valence-electron chi connectivity index (χ3n) is 1.91. The Kier molecular flexibility index (Phi) is 3.11. The van der Waals surface area contributed by atoms with Crippen LogP contribution in [-0.2, 0) is 0 Å². The van der Waals surface area contributed by atoms with Gasteiger partial charge in [-0.1, -0.05) is 18.2 Å². The van der Waals surface area contributed by atoms with Crippen LogP contribution in [0.4, 0.5) is 10.5 Å². The molecule has 1 aromatic carbocycles. The molecular formula is C8H11BN2O3. The van der Waals surface area contributed by atoms with E-state index in [0.29, 0.717) is 5.69 Å². The molecule has 5 nitrogen and oxygen atoms in total. The van der Waals surface area contributed by atoms with Gasteiger partial charge in [-0.15, -0.1) is 0 Å². The zero-order chi connectivity index (χ0) is 10.7. The first-order valence-corrected chi connectivity index (χ1v) is 4.02. The van der Waals surface area contributed by atoms with Crippen molar-refractivity contribution in [1.82, 2.24) is 0 Å². The van der Waals surface area contributed by atoms with Gasteiger partial charge in [0.1, 0.15) is 0 Å². The van der Waals surface area contributed by atoms with Gasteiger partial charge >= 0.3 is 13.1 Å². The number of para-hydroxylation sites is 1. The van der Waals surface area contributed by atoms with Crippen molar-refractivity contribution in [3.63, 3.8) is 0 Å². The van der Waals surface area contributed by atoms with Gasteiger partial charge in [0.05, 0.1) is 0 Å². The Balaban J connectivity index is 3.13. The number of anilines is 1. The quantitative estimate of drug-likeness (QED) is 0.521. The zero-order valence-corrected chi connectivity index (χ0v) is 7.71. The average Bonchev–Trinajstić information content (AvgIpc) is 2.16. The summed E-state index contributed by atoms with van der Waals surface area (Å²) < 4.78 is 0. The fraction of sp³-hybridized carbons (Fsp3) is 0.125. The Hall–Kier alpha value is -1.53. The largest absolute Gasteiger partial charge is 0.490 e. The molecule has 1 rings (SSSR count). The molecule has 0 atom stereocenters. The Morgan fingerprint density at radius 2 is 2.00 bits per heavy atom. The fourth-order valence-corrected chi connectivity index (χ4v) is 1.13. The number of hydrogen-bond donors (Lipinski definition) is 3. The topological polar surface area (TPSA) is 86.8 Å². The van der Waals surface area contributed by atoms with Gasteiger partial charge in [0, 0.05) is 18.2 Å². The van der Waals surface area contributed by atoms with E-state index in [2.05, 4.69) is 0 Å². The van der Waals surface area contributed by atoms with E-state index in [4.69, 9.17) is 15.8 Å². The lowest BCUT2D eigenvalue weighted by molar-refractivity contribution is 0.255. The molecule has 0 radical (unpaired) electrons. The Labute approximate surface area is 81.9 Å². The summed E-state index contributed by atoms with van der Waals surface area (Å²) in [5.41, 5.74) is 5.69. The summed E-state index contributed by atoms with van der Waals surface area (Å²) in [6.45, 7) is 0. The molecular weight excluding hydrogens is 183 g/mol. The highest BCUT2D eigenvalue weighted by Crippen LogP contribution is 2.08. The van der Waals surface area contributed by atoms with Crippen molar-refractivity contribution >= 4 is 24.3 Å². The van der Waals surface area contributed by atoms with Crippen LogP contribution in [0.2, 0.25) is 0 Å². The Bertz CT molecular complexity index is 343. The molecule has 0 fully saturated rings. The van der Waals surface area contributed by atoms with Crippen LogP contribution in [0.3, 0.4) is 0 Å². The summed E-state index contributed by atoms with van der Waals surface area (Å²) in [6, 6.07) is 5.77. The number of amides is 2. The lowest BCUT2D eigenvalue weighted by Crippen LogP contribution is -2.40. The second kappa shape index (κ2) is 4.12. The molecule has 74 valence electrons. The first-order chi connectivity index (χ1) is 6.54. The first-order valence-electron chi connectivity index (χ1n) is 4.02. The zero-order valence-electron chi connectivity index (χ0n) is 7.71. The van der Waals surface area contributed by atoms with Gasteiger partial charge in [0.15, 0.2) is 0 Å². The molecule has 0 unspecified atom stereocenters. The van der Waals surface area contributed by atoms with E-state index < -0.39 is 13.1 Å². The van der Waals surface area contributed by atoms with Crippen LogP contribution >= 0.6 is 0 Å². The summed E-state index contributed by atoms with van der Waals surface area (Å²) in [4.78, 5) is 12.0. The van der Waals surface area contributed by atoms with Crippen LogP contribution in [0.25, 0.3) is 0 Å². The summed E-state index contributed by atoms with van der Waals surface area (Å²) in [5, 5.41) is 18.0. The van der Waals surface area contributed by atoms with Gasteiger partial charge in [-0.05, 0) is 6.07 Å². The van der Waals surface area contributed by atoms with Crippen LogP contribution in [0.1, 0.15) is 0 Å². The highest BCUT2D eigenvalue weighted by Gasteiger charge is 2.19. The van der Waals surface area contributed by atoms with Crippen LogP contribution in [-0.4, -0.2) is 30.2 Å². The number of hydrogen-bond acceptors (Lipinski definition) is 3. The van der Waals surface area contributed by atoms with Crippen LogP contribution in [0, 0.1) is 0 Å². The normalized spacial score (nSPS) is 9.64. The van der Waals surface area contributed by atoms with E-state index in [9.17, 15) is 4.79 Å². The molecule has 0 heterocycles. The predicted molar refractivity (Wildman–Crippen MR) is 54.3 cm³/mol. The van der Waals surface area contributed by atoms with Crippen molar-refractivity contribution < 1.29 is 14.8 Å². The van der Waals surface area contributed by atoms with Crippen molar-refractivity contribution in [2.24, 2.45) is 5.73 Å². The standard InChI is InChI=1S/C8H11BN2O3/c1-11(8(10)12)7-5-3-2-4-6(7)9(13)14/h2-5,13-14H,1H3,(H2,10,12). The maximum atomic E-state index is 10.9. The van der Waals surface area contributed by atoms with Crippen molar-refractivity contribution in [1.29, 1.82) is 0 Å². The number of benzene rings is 1. The van der Waals surface area contributed by atoms with E-state index in [1.807, 2.05) is 0 Å². The van der Waals surface area contributed by atoms with Crippen molar-refractivity contribution in [3.05, 3.63) is 24.3 Å². The van der Waals surface area contributed by atoms with Crippen molar-refractivity contribution in [3.8, 4) is 0 Å². The van der Waals surface area contributed by atoms with Crippen LogP contribution in [0.5, 0.6) is 0 Å². The minimum atomic E-state index is -1.62. The molecule has 0 saturated carbocycles. The highest BCUT2D eigenvalue weighted by atomic mass is 16.4. The monoisotopic (exact) mass is 194 g/mol. The minimum Gasteiger partial charge on any atom is -0.423 e. The van der Waals surface area contributed by atoms with Crippen molar-refractivity contribution in [2.45, 2.75) is 0 Å². The second-order valence-electron chi connectivity index (χ2n) is 2.83. The third kappa shape index (κ3) is 2.04. The number of nitrogens with two attached hydrogens (primary N) is 1. The van der Waals surface area contributed by atoms with Gasteiger partial charge in [0.2, 0.25) is 0 Å². The number of carbonyl (C=O) groups is 1. The van der Waals surface area contributed by atoms with Gasteiger partial charge in [0.25, 0.3) is 0 Å². The maximum Gasteiger partial charge on any atom is 0.490 e. The molecule has 6 heteroatoms. The molecule has 4 N–H and O–H groups in total. The summed E-state index contributed by atoms with van der Waals surface area (Å²) in [5.74, 6) is 0. The maximum absolute atomic E-state index is 10.9. The molecule has 0 aromatic heterocycles. The number of rotatable bonds is 2. The van der Waals surface area contributed by atoms with E-state index in [1.165, 1.54) is 13.1 Å². The molecule has 0 spiro atoms. The summed E-state index contributed by atoms with van der Waals surface area (Å²) >= 11 is 0. The summed E-state index contributed by atoms with van der Waals surface area (Å²) in [6.07, 6.45) is 0. The minimum absolute atomic E-state index is 0.244. The first kappa shape index (κ1) is 10.6. The molecule has 2 amide bonds. The number of urea groups is 1. The fourth-order valence-electron chi connectivity index (χ4n) is 1.13. The highest BCUT2D eigenvalue weighted by molar-refractivity contribution is 6.60. The third-order valence-corrected chi connectivity index (χ3v) is 1.91. The van der Waals surface area contributed by atoms with Gasteiger partial charge in [-0.3, -0.25) is 4.90 Å². The average molecular weight is 194 g/mol. The SMILES string of the molecule is CN(C(N)=O)c1ccccc1B(O)O. The van der Waals surface area contributed by atoms with Gasteiger partial charge in [-0.25, -0.2) is 4.79 Å². The predicted octanol–water partition coefficient (Wildman–Crippen LogP) is -1.12. The van der Waals surface area contributed by atoms with Gasteiger partial charge in [-0.2, -0.15) is 0 Å². The van der Waals surface area contributed by atoms with E-state index in [1.54, 1.807) is 18.2 Å². The second-order valence-corrected chi connectivity index (χ2v) is 2.83. The molecule has 1 aromatic rings. The lowest BCUT2D eigenvalue weighted by Gasteiger charge is -2.17. The lowest BCUT2D eigenvalue weighted by atomic mass is 9.79. The van der Waals surface area contributed by atoms with Crippen LogP contribution in [0.15, 0.2) is 24.3 Å². The molecule has 0 aliphatic rings. The van der Waals surface area contributed by atoms with Crippen molar-refractivity contribution in [2.75, 3.05) is 11.9 Å². The number of primary amides is 1. The molecule has 0 saturated heterocycles. The smallest absolute Gasteiger partial charge is 0.423 e.